The van der Waals surface area contributed by atoms with Crippen molar-refractivity contribution in [2.75, 3.05) is 6.61 Å². The third kappa shape index (κ3) is 2.42. The molecule has 3 heterocycles. The number of nitrogens with zero attached hydrogens (tertiary/aromatic N) is 4. The number of hydrogen-bond acceptors (Lipinski definition) is 5. The molecular weight excluding hydrogens is 336 g/mol. The van der Waals surface area contributed by atoms with Crippen LogP contribution in [-0.2, 0) is 4.74 Å². The summed E-state index contributed by atoms with van der Waals surface area (Å²) in [7, 11) is 0. The molecule has 2 fully saturated rings. The molecule has 0 bridgehead atoms. The average molecular weight is 353 g/mol. The van der Waals surface area contributed by atoms with Crippen LogP contribution in [0.2, 0.25) is 0 Å². The summed E-state index contributed by atoms with van der Waals surface area (Å²) < 4.78 is 14.6. The number of aromatic nitrogens is 4. The maximum Gasteiger partial charge on any atom is 0.246 e. The van der Waals surface area contributed by atoms with Crippen LogP contribution in [0.15, 0.2) is 11.1 Å². The molecule has 2 aromatic heterocycles. The van der Waals surface area contributed by atoms with Crippen molar-refractivity contribution in [3.05, 3.63) is 11.1 Å². The molecule has 1 atom stereocenters. The van der Waals surface area contributed by atoms with Gasteiger partial charge in [0.15, 0.2) is 15.9 Å². The van der Waals surface area contributed by atoms with E-state index in [1.807, 2.05) is 4.57 Å². The molecule has 0 spiro atoms. The zero-order chi connectivity index (χ0) is 14.4. The van der Waals surface area contributed by atoms with Crippen LogP contribution in [0.1, 0.15) is 45.3 Å². The molecule has 2 aromatic rings. The summed E-state index contributed by atoms with van der Waals surface area (Å²) in [6, 6.07) is 0. The van der Waals surface area contributed by atoms with Crippen LogP contribution >= 0.6 is 15.9 Å². The summed E-state index contributed by atoms with van der Waals surface area (Å²) in [5.74, 6) is 0.565. The van der Waals surface area contributed by atoms with Crippen LogP contribution in [0.5, 0.6) is 5.88 Å². The molecular formula is C14H17BrN4O2. The minimum absolute atomic E-state index is 0.0163. The number of halogens is 1. The molecule has 0 radical (unpaired) electrons. The van der Waals surface area contributed by atoms with E-state index in [4.69, 9.17) is 9.47 Å². The fourth-order valence-electron chi connectivity index (χ4n) is 2.63. The van der Waals surface area contributed by atoms with Gasteiger partial charge in [0, 0.05) is 6.61 Å². The lowest BCUT2D eigenvalue weighted by Crippen LogP contribution is -2.18. The minimum atomic E-state index is -0.0844. The number of imidazole rings is 1. The Kier molecular flexibility index (Phi) is 3.15. The summed E-state index contributed by atoms with van der Waals surface area (Å²) in [5.41, 5.74) is 1.38. The van der Waals surface area contributed by atoms with Gasteiger partial charge >= 0.3 is 0 Å². The largest absolute Gasteiger partial charge is 0.470 e. The number of hydrogen-bond donors (Lipinski definition) is 0. The van der Waals surface area contributed by atoms with Gasteiger partial charge in [0.25, 0.3) is 0 Å². The number of fused-ring (bicyclic) bond motifs is 1. The quantitative estimate of drug-likeness (QED) is 0.793. The van der Waals surface area contributed by atoms with Gasteiger partial charge < -0.3 is 9.47 Å². The molecule has 1 saturated carbocycles. The minimum Gasteiger partial charge on any atom is -0.470 e. The molecule has 1 unspecified atom stereocenters. The standard InChI is InChI=1S/C14H17BrN4O2/c1-14(5-6-14)21-12-10-11(16-8-17-12)19(13(15)18-10)9-4-2-3-7-20-9/h8-9H,2-7H2,1H3. The number of ether oxygens (including phenoxy) is 2. The third-order valence-electron chi connectivity index (χ3n) is 4.14. The van der Waals surface area contributed by atoms with Crippen molar-refractivity contribution in [2.45, 2.75) is 50.9 Å². The smallest absolute Gasteiger partial charge is 0.246 e. The first-order valence-corrected chi connectivity index (χ1v) is 8.15. The van der Waals surface area contributed by atoms with Crippen molar-refractivity contribution in [1.29, 1.82) is 0 Å². The van der Waals surface area contributed by atoms with E-state index in [1.165, 1.54) is 6.33 Å². The Morgan fingerprint density at radius 1 is 1.38 bits per heavy atom. The molecule has 1 aliphatic carbocycles. The summed E-state index contributed by atoms with van der Waals surface area (Å²) in [6.45, 7) is 2.88. The molecule has 7 heteroatoms. The normalized spacial score (nSPS) is 24.2. The highest BCUT2D eigenvalue weighted by Crippen LogP contribution is 2.41. The van der Waals surface area contributed by atoms with E-state index in [9.17, 15) is 0 Å². The van der Waals surface area contributed by atoms with E-state index in [0.29, 0.717) is 11.4 Å². The van der Waals surface area contributed by atoms with E-state index in [2.05, 4.69) is 37.8 Å². The Hall–Kier alpha value is -1.21. The Labute approximate surface area is 131 Å². The first-order chi connectivity index (χ1) is 10.2. The van der Waals surface area contributed by atoms with Crippen LogP contribution in [-0.4, -0.2) is 31.7 Å². The Balaban J connectivity index is 1.77. The highest BCUT2D eigenvalue weighted by molar-refractivity contribution is 9.10. The van der Waals surface area contributed by atoms with Gasteiger partial charge in [-0.1, -0.05) is 0 Å². The maximum atomic E-state index is 5.99. The van der Waals surface area contributed by atoms with Crippen LogP contribution in [0.3, 0.4) is 0 Å². The monoisotopic (exact) mass is 352 g/mol. The highest BCUT2D eigenvalue weighted by Gasteiger charge is 2.41. The first kappa shape index (κ1) is 13.5. The summed E-state index contributed by atoms with van der Waals surface area (Å²) >= 11 is 3.52. The van der Waals surface area contributed by atoms with Crippen LogP contribution in [0.25, 0.3) is 11.2 Å². The zero-order valence-electron chi connectivity index (χ0n) is 11.9. The van der Waals surface area contributed by atoms with Crippen molar-refractivity contribution < 1.29 is 9.47 Å². The second kappa shape index (κ2) is 4.91. The predicted octanol–water partition coefficient (Wildman–Crippen LogP) is 3.22. The lowest BCUT2D eigenvalue weighted by molar-refractivity contribution is -0.0311. The predicted molar refractivity (Wildman–Crippen MR) is 80.1 cm³/mol. The van der Waals surface area contributed by atoms with Crippen LogP contribution in [0, 0.1) is 0 Å². The number of rotatable bonds is 3. The molecule has 112 valence electrons. The van der Waals surface area contributed by atoms with Gasteiger partial charge in [-0.15, -0.1) is 0 Å². The zero-order valence-corrected chi connectivity index (χ0v) is 13.5. The van der Waals surface area contributed by atoms with E-state index in [-0.39, 0.29) is 11.8 Å². The lowest BCUT2D eigenvalue weighted by Gasteiger charge is -2.24. The van der Waals surface area contributed by atoms with Crippen molar-refractivity contribution >= 4 is 27.1 Å². The maximum absolute atomic E-state index is 5.99. The van der Waals surface area contributed by atoms with Gasteiger partial charge in [-0.2, -0.15) is 4.98 Å². The Bertz CT molecular complexity index is 677. The van der Waals surface area contributed by atoms with E-state index in [0.717, 1.165) is 49.1 Å². The molecule has 0 amide bonds. The third-order valence-corrected chi connectivity index (χ3v) is 4.70. The fraction of sp³-hybridized carbons (Fsp3) is 0.643. The SMILES string of the molecule is CC1(Oc2ncnc3c2nc(Br)n3C2CCCCO2)CC1. The van der Waals surface area contributed by atoms with E-state index < -0.39 is 0 Å². The van der Waals surface area contributed by atoms with Gasteiger partial charge in [0.1, 0.15) is 18.2 Å². The van der Waals surface area contributed by atoms with Gasteiger partial charge in [-0.25, -0.2) is 9.97 Å². The highest BCUT2D eigenvalue weighted by atomic mass is 79.9. The molecule has 2 aliphatic rings. The van der Waals surface area contributed by atoms with Crippen LogP contribution < -0.4 is 4.74 Å². The molecule has 21 heavy (non-hydrogen) atoms. The van der Waals surface area contributed by atoms with Gasteiger partial charge in [-0.3, -0.25) is 4.57 Å². The second-order valence-electron chi connectivity index (χ2n) is 5.98. The van der Waals surface area contributed by atoms with Crippen molar-refractivity contribution in [2.24, 2.45) is 0 Å². The molecule has 6 nitrogen and oxygen atoms in total. The Morgan fingerprint density at radius 3 is 2.95 bits per heavy atom. The molecule has 1 aliphatic heterocycles. The van der Waals surface area contributed by atoms with Gasteiger partial charge in [0.2, 0.25) is 5.88 Å². The average Bonchev–Trinajstić information content (AvgIpc) is 3.10. The second-order valence-corrected chi connectivity index (χ2v) is 6.68. The molecule has 1 saturated heterocycles. The van der Waals surface area contributed by atoms with Crippen LogP contribution in [0.4, 0.5) is 0 Å². The summed E-state index contributed by atoms with van der Waals surface area (Å²) in [6.07, 6.45) is 6.89. The Morgan fingerprint density at radius 2 is 2.24 bits per heavy atom. The van der Waals surface area contributed by atoms with Gasteiger partial charge in [-0.05, 0) is 55.0 Å². The molecule has 0 N–H and O–H groups in total. The lowest BCUT2D eigenvalue weighted by atomic mass is 10.2. The van der Waals surface area contributed by atoms with Crippen molar-refractivity contribution in [1.82, 2.24) is 19.5 Å². The van der Waals surface area contributed by atoms with Crippen molar-refractivity contribution in [3.8, 4) is 5.88 Å². The van der Waals surface area contributed by atoms with Gasteiger partial charge in [0.05, 0.1) is 0 Å². The van der Waals surface area contributed by atoms with Crippen molar-refractivity contribution in [3.63, 3.8) is 0 Å². The van der Waals surface area contributed by atoms with E-state index in [1.54, 1.807) is 0 Å². The van der Waals surface area contributed by atoms with E-state index >= 15 is 0 Å². The first-order valence-electron chi connectivity index (χ1n) is 7.35. The molecule has 0 aromatic carbocycles. The fourth-order valence-corrected chi connectivity index (χ4v) is 3.20. The molecule has 4 rings (SSSR count). The summed E-state index contributed by atoms with van der Waals surface area (Å²) in [4.78, 5) is 13.2. The topological polar surface area (TPSA) is 62.1 Å². The summed E-state index contributed by atoms with van der Waals surface area (Å²) in [5, 5.41) is 0.